The number of nitrogens with one attached hydrogen (secondary N) is 1. The van der Waals surface area contributed by atoms with Crippen molar-refractivity contribution in [1.82, 2.24) is 10.3 Å². The number of halogens is 2. The maximum Gasteiger partial charge on any atom is 0.272 e. The number of alkyl halides is 2. The highest BCUT2D eigenvalue weighted by Crippen LogP contribution is 2.21. The number of pyridine rings is 1. The summed E-state index contributed by atoms with van der Waals surface area (Å²) in [6.07, 6.45) is -1.18. The maximum atomic E-state index is 12.0. The van der Waals surface area contributed by atoms with E-state index in [2.05, 4.69) is 10.3 Å². The molecule has 0 bridgehead atoms. The Kier molecular flexibility index (Phi) is 6.67. The van der Waals surface area contributed by atoms with Gasteiger partial charge in [-0.05, 0) is 24.8 Å². The molecule has 0 fully saturated rings. The molecule has 1 atom stereocenters. The van der Waals surface area contributed by atoms with Gasteiger partial charge in [-0.1, -0.05) is 13.8 Å². The molecule has 1 heterocycles. The smallest absolute Gasteiger partial charge is 0.272 e. The van der Waals surface area contributed by atoms with E-state index in [1.807, 2.05) is 13.8 Å². The summed E-state index contributed by atoms with van der Waals surface area (Å²) >= 11 is 0. The largest absolute Gasteiger partial charge is 0.472 e. The summed E-state index contributed by atoms with van der Waals surface area (Å²) in [5.41, 5.74) is 0.0784. The van der Waals surface area contributed by atoms with Gasteiger partial charge < -0.3 is 15.2 Å². The lowest BCUT2D eigenvalue weighted by atomic mass is 9.87. The zero-order valence-corrected chi connectivity index (χ0v) is 13.0. The predicted molar refractivity (Wildman–Crippen MR) is 78.1 cm³/mol. The minimum absolute atomic E-state index is 0.0475. The Labute approximate surface area is 128 Å². The van der Waals surface area contributed by atoms with Crippen LogP contribution in [0.1, 0.15) is 37.6 Å². The number of amides is 1. The number of carbonyl (C=O) groups excluding carboxylic acids is 1. The molecular formula is C15H22F2N2O3. The molecule has 1 aromatic rings. The Morgan fingerprint density at radius 2 is 2.14 bits per heavy atom. The summed E-state index contributed by atoms with van der Waals surface area (Å²) in [6, 6.07) is 2.84. The number of hydrogen-bond donors (Lipinski definition) is 2. The van der Waals surface area contributed by atoms with Crippen LogP contribution in [0.15, 0.2) is 18.3 Å². The van der Waals surface area contributed by atoms with Crippen molar-refractivity contribution in [3.05, 3.63) is 23.9 Å². The van der Waals surface area contributed by atoms with E-state index >= 15 is 0 Å². The van der Waals surface area contributed by atoms with Crippen LogP contribution in [-0.4, -0.2) is 41.7 Å². The molecule has 0 radical (unpaired) electrons. The molecule has 0 aliphatic carbocycles. The summed E-state index contributed by atoms with van der Waals surface area (Å²) in [5, 5.41) is 12.2. The minimum atomic E-state index is -2.57. The van der Waals surface area contributed by atoms with Crippen LogP contribution in [0, 0.1) is 5.41 Å². The van der Waals surface area contributed by atoms with Crippen molar-refractivity contribution in [2.45, 2.75) is 39.7 Å². The maximum absolute atomic E-state index is 12.0. The second kappa shape index (κ2) is 8.03. The van der Waals surface area contributed by atoms with Gasteiger partial charge in [0, 0.05) is 18.8 Å². The van der Waals surface area contributed by atoms with Gasteiger partial charge in [0.25, 0.3) is 12.3 Å². The first-order chi connectivity index (χ1) is 10.2. The number of hydrogen-bond acceptors (Lipinski definition) is 4. The first-order valence-corrected chi connectivity index (χ1v) is 7.03. The van der Waals surface area contributed by atoms with Gasteiger partial charge in [0.15, 0.2) is 6.61 Å². The van der Waals surface area contributed by atoms with E-state index in [1.54, 1.807) is 6.92 Å². The van der Waals surface area contributed by atoms with E-state index in [1.165, 1.54) is 18.3 Å². The summed E-state index contributed by atoms with van der Waals surface area (Å²) in [6.45, 7) is 5.26. The highest BCUT2D eigenvalue weighted by molar-refractivity contribution is 5.93. The van der Waals surface area contributed by atoms with E-state index in [9.17, 15) is 18.7 Å². The standard InChI is InChI=1S/C15H22F2N2O3/c1-10(20)6-15(2,3)9-19-14(21)11-4-5-13(18-7-11)22-8-12(16)17/h4-5,7,10,12,20H,6,8-9H2,1-3H3,(H,19,21). The van der Waals surface area contributed by atoms with Crippen molar-refractivity contribution in [2.75, 3.05) is 13.2 Å². The number of aliphatic hydroxyl groups excluding tert-OH is 1. The van der Waals surface area contributed by atoms with Crippen LogP contribution >= 0.6 is 0 Å². The van der Waals surface area contributed by atoms with Crippen LogP contribution < -0.4 is 10.1 Å². The third-order valence-corrected chi connectivity index (χ3v) is 2.93. The molecule has 1 aromatic heterocycles. The van der Waals surface area contributed by atoms with Crippen LogP contribution in [0.5, 0.6) is 5.88 Å². The Hall–Kier alpha value is -1.76. The zero-order valence-electron chi connectivity index (χ0n) is 13.0. The number of nitrogens with zero attached hydrogens (tertiary/aromatic N) is 1. The number of aromatic nitrogens is 1. The summed E-state index contributed by atoms with van der Waals surface area (Å²) in [5.74, 6) is -0.266. The average Bonchev–Trinajstić information content (AvgIpc) is 2.42. The van der Waals surface area contributed by atoms with E-state index in [0.717, 1.165) is 0 Å². The summed E-state index contributed by atoms with van der Waals surface area (Å²) in [7, 11) is 0. The van der Waals surface area contributed by atoms with Crippen molar-refractivity contribution in [3.8, 4) is 5.88 Å². The zero-order chi connectivity index (χ0) is 16.8. The van der Waals surface area contributed by atoms with Crippen LogP contribution in [0.4, 0.5) is 8.78 Å². The number of rotatable bonds is 8. The molecule has 0 aliphatic rings. The van der Waals surface area contributed by atoms with E-state index in [0.29, 0.717) is 18.5 Å². The molecular weight excluding hydrogens is 294 g/mol. The normalized spacial score (nSPS) is 13.0. The molecule has 124 valence electrons. The molecule has 0 aliphatic heterocycles. The Balaban J connectivity index is 2.52. The van der Waals surface area contributed by atoms with Crippen molar-refractivity contribution >= 4 is 5.91 Å². The van der Waals surface area contributed by atoms with Gasteiger partial charge in [-0.25, -0.2) is 13.8 Å². The lowest BCUT2D eigenvalue weighted by Gasteiger charge is -2.26. The highest BCUT2D eigenvalue weighted by Gasteiger charge is 2.21. The van der Waals surface area contributed by atoms with Crippen molar-refractivity contribution in [3.63, 3.8) is 0 Å². The molecule has 0 aromatic carbocycles. The molecule has 7 heteroatoms. The molecule has 2 N–H and O–H groups in total. The third kappa shape index (κ3) is 6.80. The second-order valence-electron chi connectivity index (χ2n) is 5.99. The van der Waals surface area contributed by atoms with Crippen molar-refractivity contribution in [1.29, 1.82) is 0 Å². The number of aliphatic hydroxyl groups is 1. The highest BCUT2D eigenvalue weighted by atomic mass is 19.3. The molecule has 0 saturated carbocycles. The van der Waals surface area contributed by atoms with Gasteiger partial charge >= 0.3 is 0 Å². The molecule has 22 heavy (non-hydrogen) atoms. The fourth-order valence-electron chi connectivity index (χ4n) is 2.04. The van der Waals surface area contributed by atoms with Gasteiger partial charge in [-0.2, -0.15) is 0 Å². The minimum Gasteiger partial charge on any atom is -0.472 e. The van der Waals surface area contributed by atoms with Crippen LogP contribution in [0.3, 0.4) is 0 Å². The van der Waals surface area contributed by atoms with E-state index in [-0.39, 0.29) is 17.2 Å². The Morgan fingerprint density at radius 1 is 1.45 bits per heavy atom. The van der Waals surface area contributed by atoms with Crippen LogP contribution in [0.2, 0.25) is 0 Å². The van der Waals surface area contributed by atoms with Gasteiger partial charge in [0.2, 0.25) is 5.88 Å². The lowest BCUT2D eigenvalue weighted by Crippen LogP contribution is -2.35. The van der Waals surface area contributed by atoms with E-state index < -0.39 is 19.1 Å². The monoisotopic (exact) mass is 316 g/mol. The first-order valence-electron chi connectivity index (χ1n) is 7.03. The summed E-state index contributed by atoms with van der Waals surface area (Å²) < 4.78 is 28.7. The SMILES string of the molecule is CC(O)CC(C)(C)CNC(=O)c1ccc(OCC(F)F)nc1. The molecule has 1 amide bonds. The van der Waals surface area contributed by atoms with Crippen molar-refractivity contribution < 1.29 is 23.4 Å². The van der Waals surface area contributed by atoms with Crippen LogP contribution in [0.25, 0.3) is 0 Å². The Bertz CT molecular complexity index is 476. The molecule has 1 rings (SSSR count). The average molecular weight is 316 g/mol. The van der Waals surface area contributed by atoms with Crippen molar-refractivity contribution in [2.24, 2.45) is 5.41 Å². The quantitative estimate of drug-likeness (QED) is 0.771. The molecule has 5 nitrogen and oxygen atoms in total. The van der Waals surface area contributed by atoms with Gasteiger partial charge in [-0.15, -0.1) is 0 Å². The van der Waals surface area contributed by atoms with Gasteiger partial charge in [0.1, 0.15) is 0 Å². The predicted octanol–water partition coefficient (Wildman–Crippen LogP) is 2.25. The van der Waals surface area contributed by atoms with Gasteiger partial charge in [0.05, 0.1) is 11.7 Å². The first kappa shape index (κ1) is 18.3. The molecule has 0 saturated heterocycles. The van der Waals surface area contributed by atoms with Gasteiger partial charge in [-0.3, -0.25) is 4.79 Å². The second-order valence-corrected chi connectivity index (χ2v) is 5.99. The third-order valence-electron chi connectivity index (χ3n) is 2.93. The molecule has 1 unspecified atom stereocenters. The molecule has 0 spiro atoms. The topological polar surface area (TPSA) is 71.5 Å². The van der Waals surface area contributed by atoms with Crippen LogP contribution in [-0.2, 0) is 0 Å². The fraction of sp³-hybridized carbons (Fsp3) is 0.600. The Morgan fingerprint density at radius 3 is 2.64 bits per heavy atom. The number of carbonyl (C=O) groups is 1. The summed E-state index contributed by atoms with van der Waals surface area (Å²) in [4.78, 5) is 15.8. The lowest BCUT2D eigenvalue weighted by molar-refractivity contribution is 0.0794. The number of ether oxygens (including phenoxy) is 1. The van der Waals surface area contributed by atoms with E-state index in [4.69, 9.17) is 4.74 Å². The fourth-order valence-corrected chi connectivity index (χ4v) is 2.04.